The number of benzene rings is 1. The molecule has 1 N–H and O–H groups in total. The number of ether oxygens (including phenoxy) is 1. The average molecular weight is 232 g/mol. The molecule has 2 aliphatic heterocycles. The minimum Gasteiger partial charge on any atom is -0.459 e. The molecular formula is C13H16N2O2. The maximum absolute atomic E-state index is 11.9. The predicted octanol–water partition coefficient (Wildman–Crippen LogP) is 0.733. The van der Waals surface area contributed by atoms with Gasteiger partial charge in [-0.25, -0.2) is 4.79 Å². The van der Waals surface area contributed by atoms with E-state index in [0.29, 0.717) is 12.6 Å². The van der Waals surface area contributed by atoms with Crippen LogP contribution < -0.4 is 5.32 Å². The number of fused-ring (bicyclic) bond motifs is 1. The van der Waals surface area contributed by atoms with Gasteiger partial charge in [-0.2, -0.15) is 0 Å². The second-order valence-corrected chi connectivity index (χ2v) is 4.58. The molecule has 2 fully saturated rings. The van der Waals surface area contributed by atoms with E-state index in [1.54, 1.807) is 0 Å². The van der Waals surface area contributed by atoms with Gasteiger partial charge < -0.3 is 4.74 Å². The van der Waals surface area contributed by atoms with E-state index in [0.717, 1.165) is 18.7 Å². The molecule has 0 aliphatic carbocycles. The van der Waals surface area contributed by atoms with Gasteiger partial charge in [-0.05, 0) is 12.0 Å². The molecule has 1 aromatic carbocycles. The van der Waals surface area contributed by atoms with Crippen molar-refractivity contribution in [3.05, 3.63) is 35.9 Å². The van der Waals surface area contributed by atoms with Crippen LogP contribution in [0.1, 0.15) is 12.0 Å². The molecule has 0 spiro atoms. The van der Waals surface area contributed by atoms with Crippen LogP contribution in [-0.4, -0.2) is 36.2 Å². The van der Waals surface area contributed by atoms with E-state index in [2.05, 4.69) is 10.2 Å². The van der Waals surface area contributed by atoms with Crippen LogP contribution in [0.5, 0.6) is 0 Å². The summed E-state index contributed by atoms with van der Waals surface area (Å²) in [5.41, 5.74) is 1.03. The van der Waals surface area contributed by atoms with Gasteiger partial charge in [0.05, 0.1) is 0 Å². The fraction of sp³-hybridized carbons (Fsp3) is 0.462. The van der Waals surface area contributed by atoms with Crippen molar-refractivity contribution in [2.75, 3.05) is 13.1 Å². The van der Waals surface area contributed by atoms with Crippen LogP contribution in [0.2, 0.25) is 0 Å². The lowest BCUT2D eigenvalue weighted by Gasteiger charge is -2.36. The number of nitrogens with one attached hydrogen (secondary N) is 1. The Hall–Kier alpha value is -1.39. The molecule has 0 amide bonds. The number of nitrogens with zero attached hydrogens (tertiary/aromatic N) is 1. The van der Waals surface area contributed by atoms with Gasteiger partial charge in [0.15, 0.2) is 6.17 Å². The van der Waals surface area contributed by atoms with Crippen molar-refractivity contribution in [1.29, 1.82) is 0 Å². The van der Waals surface area contributed by atoms with Gasteiger partial charge in [0.25, 0.3) is 0 Å². The zero-order valence-corrected chi connectivity index (χ0v) is 9.63. The number of rotatable bonds is 3. The van der Waals surface area contributed by atoms with Crippen LogP contribution in [-0.2, 0) is 16.1 Å². The zero-order chi connectivity index (χ0) is 11.7. The first-order valence-corrected chi connectivity index (χ1v) is 6.04. The zero-order valence-electron chi connectivity index (χ0n) is 9.63. The van der Waals surface area contributed by atoms with Crippen molar-refractivity contribution < 1.29 is 9.53 Å². The molecule has 2 unspecified atom stereocenters. The van der Waals surface area contributed by atoms with Crippen molar-refractivity contribution in [3.8, 4) is 0 Å². The summed E-state index contributed by atoms with van der Waals surface area (Å²) in [7, 11) is 0. The van der Waals surface area contributed by atoms with E-state index in [9.17, 15) is 4.79 Å². The van der Waals surface area contributed by atoms with Crippen molar-refractivity contribution in [2.45, 2.75) is 25.2 Å². The molecule has 4 heteroatoms. The highest BCUT2D eigenvalue weighted by Gasteiger charge is 2.43. The molecule has 17 heavy (non-hydrogen) atoms. The van der Waals surface area contributed by atoms with E-state index in [1.165, 1.54) is 6.42 Å². The van der Waals surface area contributed by atoms with Crippen LogP contribution >= 0.6 is 0 Å². The van der Waals surface area contributed by atoms with E-state index < -0.39 is 0 Å². The number of carbonyl (C=O) groups is 1. The molecule has 2 aliphatic rings. The summed E-state index contributed by atoms with van der Waals surface area (Å²) in [5, 5.41) is 3.21. The van der Waals surface area contributed by atoms with E-state index in [1.807, 2.05) is 30.3 Å². The smallest absolute Gasteiger partial charge is 0.338 e. The lowest BCUT2D eigenvalue weighted by atomic mass is 10.1. The van der Waals surface area contributed by atoms with Crippen LogP contribution in [0, 0.1) is 0 Å². The van der Waals surface area contributed by atoms with Gasteiger partial charge in [-0.3, -0.25) is 10.2 Å². The quantitative estimate of drug-likeness (QED) is 0.780. The highest BCUT2D eigenvalue weighted by atomic mass is 16.5. The Bertz CT molecular complexity index is 407. The summed E-state index contributed by atoms with van der Waals surface area (Å²) in [6.45, 7) is 2.27. The molecule has 90 valence electrons. The molecule has 2 atom stereocenters. The van der Waals surface area contributed by atoms with Gasteiger partial charge in [0, 0.05) is 19.1 Å². The average Bonchev–Trinajstić information content (AvgIpc) is 2.63. The second-order valence-electron chi connectivity index (χ2n) is 4.58. The molecule has 0 radical (unpaired) electrons. The molecule has 2 heterocycles. The van der Waals surface area contributed by atoms with E-state index in [-0.39, 0.29) is 12.1 Å². The second kappa shape index (κ2) is 4.47. The highest BCUT2D eigenvalue weighted by molar-refractivity contribution is 5.76. The van der Waals surface area contributed by atoms with Gasteiger partial charge in [0.1, 0.15) is 6.61 Å². The third kappa shape index (κ3) is 2.06. The molecule has 0 saturated carbocycles. The summed E-state index contributed by atoms with van der Waals surface area (Å²) >= 11 is 0. The Morgan fingerprint density at radius 1 is 1.41 bits per heavy atom. The third-order valence-corrected chi connectivity index (χ3v) is 3.52. The molecule has 2 saturated heterocycles. The van der Waals surface area contributed by atoms with Crippen LogP contribution in [0.4, 0.5) is 0 Å². The van der Waals surface area contributed by atoms with E-state index >= 15 is 0 Å². The van der Waals surface area contributed by atoms with Gasteiger partial charge in [-0.1, -0.05) is 30.3 Å². The summed E-state index contributed by atoms with van der Waals surface area (Å²) < 4.78 is 5.32. The standard InChI is InChI=1S/C13H16N2O2/c16-13(12-14-8-11-6-7-15(11)12)17-9-10-4-2-1-3-5-10/h1-5,11-12,14H,6-9H2. The van der Waals surface area contributed by atoms with Crippen molar-refractivity contribution >= 4 is 5.97 Å². The number of hydrogen-bond donors (Lipinski definition) is 1. The number of hydrogen-bond acceptors (Lipinski definition) is 4. The first-order valence-electron chi connectivity index (χ1n) is 6.04. The summed E-state index contributed by atoms with van der Waals surface area (Å²) in [5.74, 6) is -0.156. The topological polar surface area (TPSA) is 41.6 Å². The molecule has 0 aromatic heterocycles. The van der Waals surface area contributed by atoms with Gasteiger partial charge in [0.2, 0.25) is 0 Å². The summed E-state index contributed by atoms with van der Waals surface area (Å²) in [6, 6.07) is 10.3. The largest absolute Gasteiger partial charge is 0.459 e. The Morgan fingerprint density at radius 2 is 2.24 bits per heavy atom. The Balaban J connectivity index is 1.54. The Labute approximate surface area is 101 Å². The Kier molecular flexibility index (Phi) is 2.82. The first kappa shape index (κ1) is 10.7. The molecule has 0 bridgehead atoms. The minimum absolute atomic E-state index is 0.156. The van der Waals surface area contributed by atoms with Gasteiger partial charge in [-0.15, -0.1) is 0 Å². The summed E-state index contributed by atoms with van der Waals surface area (Å²) in [6.07, 6.45) is 0.965. The normalized spacial score (nSPS) is 27.3. The highest BCUT2D eigenvalue weighted by Crippen LogP contribution is 2.24. The van der Waals surface area contributed by atoms with Crippen LogP contribution in [0.3, 0.4) is 0 Å². The van der Waals surface area contributed by atoms with Crippen molar-refractivity contribution in [1.82, 2.24) is 10.2 Å². The molecule has 1 aromatic rings. The molecule has 3 rings (SSSR count). The predicted molar refractivity (Wildman–Crippen MR) is 63.1 cm³/mol. The minimum atomic E-state index is -0.225. The van der Waals surface area contributed by atoms with E-state index in [4.69, 9.17) is 4.74 Å². The number of carbonyl (C=O) groups excluding carboxylic acids is 1. The maximum atomic E-state index is 11.9. The third-order valence-electron chi connectivity index (χ3n) is 3.52. The molecule has 4 nitrogen and oxygen atoms in total. The monoisotopic (exact) mass is 232 g/mol. The fourth-order valence-corrected chi connectivity index (χ4v) is 2.41. The van der Waals surface area contributed by atoms with Crippen LogP contribution in [0.25, 0.3) is 0 Å². The fourth-order valence-electron chi connectivity index (χ4n) is 2.41. The summed E-state index contributed by atoms with van der Waals surface area (Å²) in [4.78, 5) is 14.1. The van der Waals surface area contributed by atoms with Crippen molar-refractivity contribution in [2.24, 2.45) is 0 Å². The first-order chi connectivity index (χ1) is 8.34. The SMILES string of the molecule is O=C(OCc1ccccc1)C1NCC2CCN21. The maximum Gasteiger partial charge on any atom is 0.338 e. The van der Waals surface area contributed by atoms with Crippen molar-refractivity contribution in [3.63, 3.8) is 0 Å². The lowest BCUT2D eigenvalue weighted by Crippen LogP contribution is -2.52. The van der Waals surface area contributed by atoms with Crippen LogP contribution in [0.15, 0.2) is 30.3 Å². The van der Waals surface area contributed by atoms with Gasteiger partial charge >= 0.3 is 5.97 Å². The molecular weight excluding hydrogens is 216 g/mol. The lowest BCUT2D eigenvalue weighted by molar-refractivity contribution is -0.153. The Morgan fingerprint density at radius 3 is 2.88 bits per heavy atom. The number of esters is 1.